The van der Waals surface area contributed by atoms with Gasteiger partial charge in [-0.15, -0.1) is 0 Å². The van der Waals surface area contributed by atoms with Crippen LogP contribution >= 0.6 is 0 Å². The van der Waals surface area contributed by atoms with Crippen LogP contribution in [0.4, 0.5) is 0 Å². The number of ether oxygens (including phenoxy) is 4. The molecule has 2 unspecified atom stereocenters. The molecule has 2 atom stereocenters. The zero-order chi connectivity index (χ0) is 24.3. The monoisotopic (exact) mass is 497 g/mol. The van der Waals surface area contributed by atoms with Crippen LogP contribution in [0, 0.1) is 5.92 Å². The van der Waals surface area contributed by atoms with E-state index in [1.165, 1.54) is 0 Å². The summed E-state index contributed by atoms with van der Waals surface area (Å²) in [4.78, 5) is 12.3. The van der Waals surface area contributed by atoms with Gasteiger partial charge >= 0.3 is 5.97 Å². The minimum Gasteiger partial charge on any atom is -0.426 e. The first-order chi connectivity index (χ1) is 15.4. The van der Waals surface area contributed by atoms with Crippen molar-refractivity contribution in [2.45, 2.75) is 63.2 Å². The lowest BCUT2D eigenvalue weighted by Gasteiger charge is -2.50. The molecule has 0 radical (unpaired) electrons. The number of rotatable bonds is 10. The highest BCUT2D eigenvalue weighted by Gasteiger charge is 2.50. The molecule has 2 saturated heterocycles. The fourth-order valence-electron chi connectivity index (χ4n) is 3.69. The van der Waals surface area contributed by atoms with Crippen molar-refractivity contribution in [3.8, 4) is 5.75 Å². The molecule has 7 nitrogen and oxygen atoms in total. The summed E-state index contributed by atoms with van der Waals surface area (Å²) in [7, 11) is -2.51. The van der Waals surface area contributed by atoms with Gasteiger partial charge in [0.1, 0.15) is 29.0 Å². The van der Waals surface area contributed by atoms with E-state index in [-0.39, 0.29) is 18.6 Å². The van der Waals surface area contributed by atoms with Gasteiger partial charge in [0.15, 0.2) is 0 Å². The largest absolute Gasteiger partial charge is 0.426 e. The predicted molar refractivity (Wildman–Crippen MR) is 132 cm³/mol. The predicted octanol–water partition coefficient (Wildman–Crippen LogP) is 3.93. The van der Waals surface area contributed by atoms with Crippen molar-refractivity contribution >= 4 is 25.0 Å². The van der Waals surface area contributed by atoms with Crippen molar-refractivity contribution in [1.29, 1.82) is 0 Å². The summed E-state index contributed by atoms with van der Waals surface area (Å²) in [6, 6.07) is 8.52. The first kappa shape index (κ1) is 26.5. The second-order valence-corrected chi connectivity index (χ2v) is 18.9. The quantitative estimate of drug-likeness (QED) is 0.160. The van der Waals surface area contributed by atoms with Gasteiger partial charge in [-0.05, 0) is 50.9 Å². The van der Waals surface area contributed by atoms with Gasteiger partial charge in [0.25, 0.3) is 0 Å². The van der Waals surface area contributed by atoms with Crippen LogP contribution in [-0.2, 0) is 35.5 Å². The highest BCUT2D eigenvalue weighted by Crippen LogP contribution is 2.40. The number of benzene rings is 1. The Morgan fingerprint density at radius 3 is 2.33 bits per heavy atom. The Bertz CT molecular complexity index is 823. The van der Waals surface area contributed by atoms with Gasteiger partial charge in [-0.3, -0.25) is 4.79 Å². The summed E-state index contributed by atoms with van der Waals surface area (Å²) < 4.78 is 37.6. The Kier molecular flexibility index (Phi) is 8.56. The highest BCUT2D eigenvalue weighted by molar-refractivity contribution is 7.84. The molecule has 0 aromatic heterocycles. The molecule has 0 saturated carbocycles. The Morgan fingerprint density at radius 1 is 1.18 bits per heavy atom. The van der Waals surface area contributed by atoms with E-state index in [2.05, 4.69) is 19.6 Å². The van der Waals surface area contributed by atoms with E-state index >= 15 is 0 Å². The number of hydrogen-bond acceptors (Lipinski definition) is 6. The first-order valence-electron chi connectivity index (χ1n) is 11.7. The fourth-order valence-corrected chi connectivity index (χ4v) is 5.81. The van der Waals surface area contributed by atoms with E-state index in [0.717, 1.165) is 11.6 Å². The molecule has 0 aliphatic carbocycles. The molecule has 0 N–H and O–H groups in total. The zero-order valence-electron chi connectivity index (χ0n) is 20.8. The van der Waals surface area contributed by atoms with Crippen molar-refractivity contribution < 1.29 is 28.0 Å². The molecule has 0 amide bonds. The van der Waals surface area contributed by atoms with Crippen LogP contribution in [0.5, 0.6) is 5.75 Å². The maximum atomic E-state index is 13.6. The van der Waals surface area contributed by atoms with E-state index in [1.807, 2.05) is 37.2 Å². The number of nitrogens with zero attached hydrogens (tertiary/aromatic N) is 1. The minimum atomic E-state index is -1.29. The van der Waals surface area contributed by atoms with Crippen molar-refractivity contribution in [2.75, 3.05) is 39.8 Å². The second kappa shape index (κ2) is 10.7. The Hall–Kier alpha value is -1.10. The summed E-state index contributed by atoms with van der Waals surface area (Å²) >= 11 is 0. The van der Waals surface area contributed by atoms with E-state index in [4.69, 9.17) is 18.9 Å². The van der Waals surface area contributed by atoms with Gasteiger partial charge in [0, 0.05) is 21.3 Å². The van der Waals surface area contributed by atoms with E-state index < -0.39 is 29.3 Å². The van der Waals surface area contributed by atoms with Crippen molar-refractivity contribution in [3.63, 3.8) is 0 Å². The van der Waals surface area contributed by atoms with Gasteiger partial charge in [0.05, 0.1) is 30.5 Å². The third-order valence-corrected chi connectivity index (χ3v) is 9.57. The first-order valence-corrected chi connectivity index (χ1v) is 16.5. The number of carbonyl (C=O) groups excluding carboxylic acids is 1. The summed E-state index contributed by atoms with van der Waals surface area (Å²) in [6.07, 6.45) is 0.697. The van der Waals surface area contributed by atoms with Gasteiger partial charge < -0.3 is 18.9 Å². The molecule has 186 valence electrons. The maximum absolute atomic E-state index is 13.6. The number of hydrogen-bond donors (Lipinski definition) is 0. The van der Waals surface area contributed by atoms with Crippen LogP contribution in [0.3, 0.4) is 0 Å². The van der Waals surface area contributed by atoms with Gasteiger partial charge in [-0.1, -0.05) is 31.8 Å². The number of carbonyl (C=O) groups is 1. The normalized spacial score (nSPS) is 21.6. The Balaban J connectivity index is 1.76. The summed E-state index contributed by atoms with van der Waals surface area (Å²) in [5, 5.41) is 0. The molecule has 0 bridgehead atoms. The van der Waals surface area contributed by atoms with Crippen LogP contribution in [-0.4, -0.2) is 67.1 Å². The summed E-state index contributed by atoms with van der Waals surface area (Å²) in [5.41, 5.74) is 0.434. The number of esters is 1. The van der Waals surface area contributed by atoms with Crippen LogP contribution in [0.2, 0.25) is 25.7 Å². The van der Waals surface area contributed by atoms with Crippen molar-refractivity contribution in [3.05, 3.63) is 29.8 Å². The fraction of sp³-hybridized carbons (Fsp3) is 0.708. The van der Waals surface area contributed by atoms with Gasteiger partial charge in [0.2, 0.25) is 0 Å². The molecule has 2 heterocycles. The summed E-state index contributed by atoms with van der Waals surface area (Å²) in [5.74, 6) is 0.0446. The van der Waals surface area contributed by atoms with Gasteiger partial charge in [-0.2, -0.15) is 4.31 Å². The highest BCUT2D eigenvalue weighted by atomic mass is 32.2. The lowest BCUT2D eigenvalue weighted by molar-refractivity contribution is -0.139. The standard InChI is InChI=1S/C24H39NO6SSi/c1-23(2,3)32(27)25(18-29-13-14-33(4,5)6)24(16-30-17-24)20-7-9-21(10-8-20)31-22(26)19-11-12-28-15-19/h7-10,19H,11-18H2,1-6H3. The SMILES string of the molecule is CC(C)(C)S(=O)N(COCC[Si](C)(C)C)C1(c2ccc(OC(=O)C3CCOC3)cc2)COC1. The van der Waals surface area contributed by atoms with Gasteiger partial charge in [-0.25, -0.2) is 4.21 Å². The lowest BCUT2D eigenvalue weighted by Crippen LogP contribution is -2.62. The molecule has 0 spiro atoms. The minimum absolute atomic E-state index is 0.200. The molecule has 3 rings (SSSR count). The molecule has 2 fully saturated rings. The smallest absolute Gasteiger partial charge is 0.316 e. The molecule has 33 heavy (non-hydrogen) atoms. The van der Waals surface area contributed by atoms with E-state index in [0.29, 0.717) is 45.2 Å². The molecular formula is C24H39NO6SSi. The average Bonchev–Trinajstić information content (AvgIpc) is 3.23. The third-order valence-electron chi connectivity index (χ3n) is 5.96. The lowest BCUT2D eigenvalue weighted by atomic mass is 9.88. The Labute approximate surface area is 201 Å². The van der Waals surface area contributed by atoms with Crippen molar-refractivity contribution in [1.82, 2.24) is 4.31 Å². The summed E-state index contributed by atoms with van der Waals surface area (Å²) in [6.45, 7) is 15.7. The molecule has 9 heteroatoms. The van der Waals surface area contributed by atoms with Crippen molar-refractivity contribution in [2.24, 2.45) is 5.92 Å². The molecule has 2 aliphatic rings. The zero-order valence-corrected chi connectivity index (χ0v) is 22.7. The molecule has 2 aliphatic heterocycles. The maximum Gasteiger partial charge on any atom is 0.316 e. The van der Waals surface area contributed by atoms with Crippen LogP contribution in [0.1, 0.15) is 32.8 Å². The van der Waals surface area contributed by atoms with Crippen LogP contribution in [0.25, 0.3) is 0 Å². The third kappa shape index (κ3) is 6.73. The molecule has 1 aromatic carbocycles. The topological polar surface area (TPSA) is 74.3 Å². The Morgan fingerprint density at radius 2 is 1.85 bits per heavy atom. The molecular weight excluding hydrogens is 458 g/mol. The van der Waals surface area contributed by atoms with Crippen LogP contribution < -0.4 is 4.74 Å². The van der Waals surface area contributed by atoms with E-state index in [9.17, 15) is 9.00 Å². The van der Waals surface area contributed by atoms with E-state index in [1.54, 1.807) is 12.1 Å². The average molecular weight is 498 g/mol. The molecule has 1 aromatic rings. The van der Waals surface area contributed by atoms with Crippen LogP contribution in [0.15, 0.2) is 24.3 Å². The second-order valence-electron chi connectivity index (χ2n) is 11.1.